The number of ketones is 1. The van der Waals surface area contributed by atoms with Gasteiger partial charge in [0.25, 0.3) is 0 Å². The van der Waals surface area contributed by atoms with Crippen molar-refractivity contribution in [3.8, 4) is 0 Å². The first-order chi connectivity index (χ1) is 11.7. The fourth-order valence-electron chi connectivity index (χ4n) is 3.91. The second kappa shape index (κ2) is 6.19. The number of Topliss-reactive ketones (excluding diaryl/α,β-unsaturated/α-hetero) is 1. The summed E-state index contributed by atoms with van der Waals surface area (Å²) in [6.45, 7) is 0. The quantitative estimate of drug-likeness (QED) is 0.939. The number of nitrogens with one attached hydrogen (secondary N) is 1. The summed E-state index contributed by atoms with van der Waals surface area (Å²) in [6.07, 6.45) is 7.69. The van der Waals surface area contributed by atoms with Crippen LogP contribution in [0.1, 0.15) is 60.0 Å². The zero-order valence-electron chi connectivity index (χ0n) is 13.4. The van der Waals surface area contributed by atoms with E-state index in [1.807, 2.05) is 28.8 Å². The van der Waals surface area contributed by atoms with Crippen molar-refractivity contribution in [3.05, 3.63) is 48.0 Å². The van der Waals surface area contributed by atoms with Crippen LogP contribution in [0.4, 0.5) is 0 Å². The Bertz CT molecular complexity index is 748. The van der Waals surface area contributed by atoms with Crippen LogP contribution in [0, 0.1) is 0 Å². The largest absolute Gasteiger partial charge is 0.353 e. The minimum absolute atomic E-state index is 0.0129. The second-order valence-electron chi connectivity index (χ2n) is 6.69. The topological polar surface area (TPSA) is 76.9 Å². The van der Waals surface area contributed by atoms with E-state index >= 15 is 0 Å². The van der Waals surface area contributed by atoms with Gasteiger partial charge in [-0.15, -0.1) is 10.2 Å². The third-order valence-electron chi connectivity index (χ3n) is 5.24. The molecule has 0 bridgehead atoms. The molecule has 6 heteroatoms. The number of rotatable bonds is 3. The summed E-state index contributed by atoms with van der Waals surface area (Å²) < 4.78 is 2.05. The van der Waals surface area contributed by atoms with E-state index in [0.29, 0.717) is 18.0 Å². The van der Waals surface area contributed by atoms with Gasteiger partial charge in [0.05, 0.1) is 5.92 Å². The number of nitrogens with zero attached hydrogens (tertiary/aromatic N) is 3. The van der Waals surface area contributed by atoms with Gasteiger partial charge >= 0.3 is 0 Å². The summed E-state index contributed by atoms with van der Waals surface area (Å²) in [7, 11) is 0. The molecule has 0 spiro atoms. The lowest BCUT2D eigenvalue weighted by Gasteiger charge is -2.30. The number of carbonyl (C=O) groups is 2. The van der Waals surface area contributed by atoms with Gasteiger partial charge < -0.3 is 9.88 Å². The van der Waals surface area contributed by atoms with Gasteiger partial charge in [-0.25, -0.2) is 0 Å². The van der Waals surface area contributed by atoms with E-state index in [1.54, 1.807) is 12.7 Å². The zero-order chi connectivity index (χ0) is 16.5. The van der Waals surface area contributed by atoms with Gasteiger partial charge in [-0.2, -0.15) is 0 Å². The molecule has 1 aromatic carbocycles. The average Bonchev–Trinajstić information content (AvgIpc) is 3.25. The number of benzene rings is 1. The highest BCUT2D eigenvalue weighted by atomic mass is 16.2. The predicted octanol–water partition coefficient (Wildman–Crippen LogP) is 2.25. The number of hydrogen-bond acceptors (Lipinski definition) is 4. The second-order valence-corrected chi connectivity index (χ2v) is 6.69. The molecule has 0 aliphatic heterocycles. The summed E-state index contributed by atoms with van der Waals surface area (Å²) in [5, 5.41) is 10.9. The Morgan fingerprint density at radius 3 is 2.54 bits per heavy atom. The van der Waals surface area contributed by atoms with Crippen molar-refractivity contribution in [2.24, 2.45) is 0 Å². The van der Waals surface area contributed by atoms with Crippen molar-refractivity contribution in [2.75, 3.05) is 0 Å². The molecule has 2 aliphatic carbocycles. The first-order valence-electron chi connectivity index (χ1n) is 8.49. The van der Waals surface area contributed by atoms with Crippen LogP contribution in [0.3, 0.4) is 0 Å². The number of fused-ring (bicyclic) bond motifs is 1. The van der Waals surface area contributed by atoms with Gasteiger partial charge in [0.2, 0.25) is 5.91 Å². The van der Waals surface area contributed by atoms with Gasteiger partial charge in [-0.3, -0.25) is 9.59 Å². The molecule has 0 saturated heterocycles. The first kappa shape index (κ1) is 15.1. The van der Waals surface area contributed by atoms with E-state index in [0.717, 1.165) is 31.2 Å². The van der Waals surface area contributed by atoms with Crippen molar-refractivity contribution in [1.29, 1.82) is 0 Å². The Kier molecular flexibility index (Phi) is 3.88. The minimum atomic E-state index is -0.329. The van der Waals surface area contributed by atoms with E-state index in [4.69, 9.17) is 0 Å². The van der Waals surface area contributed by atoms with Crippen molar-refractivity contribution >= 4 is 11.7 Å². The Hall–Kier alpha value is -2.50. The molecule has 2 aromatic rings. The minimum Gasteiger partial charge on any atom is -0.353 e. The molecule has 1 amide bonds. The van der Waals surface area contributed by atoms with Crippen LogP contribution in [0.15, 0.2) is 36.9 Å². The SMILES string of the molecule is O=C1C[C@@H](C(=O)NC2CCC(n3cnnc3)CC2)c2ccccc21. The van der Waals surface area contributed by atoms with Gasteiger partial charge in [0.1, 0.15) is 12.7 Å². The lowest BCUT2D eigenvalue weighted by atomic mass is 9.90. The monoisotopic (exact) mass is 324 g/mol. The molecular formula is C18H20N4O2. The molecule has 1 N–H and O–H groups in total. The van der Waals surface area contributed by atoms with Crippen molar-refractivity contribution < 1.29 is 9.59 Å². The van der Waals surface area contributed by atoms with E-state index < -0.39 is 0 Å². The van der Waals surface area contributed by atoms with Gasteiger partial charge in [0, 0.05) is 24.1 Å². The normalized spacial score (nSPS) is 26.2. The molecule has 0 unspecified atom stereocenters. The molecule has 2 aliphatic rings. The summed E-state index contributed by atoms with van der Waals surface area (Å²) in [5.41, 5.74) is 1.58. The molecule has 0 radical (unpaired) electrons. The first-order valence-corrected chi connectivity index (χ1v) is 8.49. The Morgan fingerprint density at radius 1 is 1.08 bits per heavy atom. The van der Waals surface area contributed by atoms with Crippen LogP contribution in [0.5, 0.6) is 0 Å². The summed E-state index contributed by atoms with van der Waals surface area (Å²) in [5.74, 6) is -0.271. The predicted molar refractivity (Wildman–Crippen MR) is 87.6 cm³/mol. The van der Waals surface area contributed by atoms with Crippen LogP contribution < -0.4 is 5.32 Å². The molecule has 1 fully saturated rings. The molecule has 1 atom stereocenters. The Balaban J connectivity index is 1.37. The van der Waals surface area contributed by atoms with Crippen LogP contribution in [0.25, 0.3) is 0 Å². The summed E-state index contributed by atoms with van der Waals surface area (Å²) in [4.78, 5) is 24.7. The maximum absolute atomic E-state index is 12.6. The molecule has 1 saturated carbocycles. The number of hydrogen-bond donors (Lipinski definition) is 1. The van der Waals surface area contributed by atoms with Crippen molar-refractivity contribution in [3.63, 3.8) is 0 Å². The highest BCUT2D eigenvalue weighted by Crippen LogP contribution is 2.34. The molecule has 124 valence electrons. The van der Waals surface area contributed by atoms with Gasteiger partial charge in [-0.05, 0) is 31.2 Å². The Morgan fingerprint density at radius 2 is 1.79 bits per heavy atom. The maximum atomic E-state index is 12.6. The van der Waals surface area contributed by atoms with E-state index in [1.165, 1.54) is 0 Å². The molecule has 1 aromatic heterocycles. The molecule has 4 rings (SSSR count). The van der Waals surface area contributed by atoms with Gasteiger partial charge in [-0.1, -0.05) is 24.3 Å². The van der Waals surface area contributed by atoms with Crippen LogP contribution in [-0.2, 0) is 4.79 Å². The zero-order valence-corrected chi connectivity index (χ0v) is 13.4. The third-order valence-corrected chi connectivity index (χ3v) is 5.24. The number of amides is 1. The van der Waals surface area contributed by atoms with E-state index in [2.05, 4.69) is 15.5 Å². The van der Waals surface area contributed by atoms with Gasteiger partial charge in [0.15, 0.2) is 5.78 Å². The summed E-state index contributed by atoms with van der Waals surface area (Å²) >= 11 is 0. The smallest absolute Gasteiger partial charge is 0.228 e. The number of carbonyl (C=O) groups excluding carboxylic acids is 2. The highest BCUT2D eigenvalue weighted by molar-refractivity contribution is 6.06. The number of aromatic nitrogens is 3. The molecular weight excluding hydrogens is 304 g/mol. The highest BCUT2D eigenvalue weighted by Gasteiger charge is 2.35. The fourth-order valence-corrected chi connectivity index (χ4v) is 3.91. The summed E-state index contributed by atoms with van der Waals surface area (Å²) in [6, 6.07) is 8.06. The molecule has 24 heavy (non-hydrogen) atoms. The standard InChI is InChI=1S/C18H20N4O2/c23-17-9-16(14-3-1-2-4-15(14)17)18(24)21-12-5-7-13(8-6-12)22-10-19-20-11-22/h1-4,10-13,16H,5-9H2,(H,21,24)/t12?,13?,16-/m1/s1. The van der Waals surface area contributed by atoms with E-state index in [9.17, 15) is 9.59 Å². The van der Waals surface area contributed by atoms with Crippen molar-refractivity contribution in [1.82, 2.24) is 20.1 Å². The van der Waals surface area contributed by atoms with Crippen molar-refractivity contribution in [2.45, 2.75) is 50.1 Å². The lowest BCUT2D eigenvalue weighted by molar-refractivity contribution is -0.123. The Labute approximate surface area is 140 Å². The van der Waals surface area contributed by atoms with E-state index in [-0.39, 0.29) is 23.7 Å². The van der Waals surface area contributed by atoms with Crippen LogP contribution >= 0.6 is 0 Å². The lowest BCUT2D eigenvalue weighted by Crippen LogP contribution is -2.40. The fraction of sp³-hybridized carbons (Fsp3) is 0.444. The molecule has 6 nitrogen and oxygen atoms in total. The van der Waals surface area contributed by atoms with Crippen LogP contribution in [0.2, 0.25) is 0 Å². The average molecular weight is 324 g/mol. The van der Waals surface area contributed by atoms with Crippen LogP contribution in [-0.4, -0.2) is 32.5 Å². The third kappa shape index (κ3) is 2.72. The molecule has 1 heterocycles. The maximum Gasteiger partial charge on any atom is 0.228 e.